The van der Waals surface area contributed by atoms with Gasteiger partial charge in [0.25, 0.3) is 0 Å². The van der Waals surface area contributed by atoms with E-state index in [1.165, 1.54) is 12.0 Å². The molecule has 4 nitrogen and oxygen atoms in total. The Balaban J connectivity index is 2.64. The summed E-state index contributed by atoms with van der Waals surface area (Å²) in [5, 5.41) is 0. The van der Waals surface area contributed by atoms with E-state index in [2.05, 4.69) is 32.4 Å². The molecule has 1 fully saturated rings. The third-order valence-electron chi connectivity index (χ3n) is 4.24. The van der Waals surface area contributed by atoms with E-state index >= 15 is 0 Å². The molecule has 0 aromatic carbocycles. The number of methoxy groups -OCH3 is 1. The topological polar surface area (TPSA) is 46.6 Å². The number of hydrogen-bond donors (Lipinski definition) is 0. The molecule has 0 spiro atoms. The zero-order valence-electron chi connectivity index (χ0n) is 11.0. The second kappa shape index (κ2) is 3.75. The van der Waals surface area contributed by atoms with Gasteiger partial charge in [-0.05, 0) is 10.8 Å². The number of amides is 1. The van der Waals surface area contributed by atoms with Crippen LogP contribution in [0.1, 0.15) is 27.7 Å². The molecule has 0 heterocycles. The molecule has 1 aliphatic rings. The van der Waals surface area contributed by atoms with Crippen molar-refractivity contribution in [3.8, 4) is 0 Å². The summed E-state index contributed by atoms with van der Waals surface area (Å²) >= 11 is 0. The maximum Gasteiger partial charge on any atom is 0.325 e. The van der Waals surface area contributed by atoms with Crippen LogP contribution in [-0.4, -0.2) is 37.5 Å². The van der Waals surface area contributed by atoms with Crippen LogP contribution < -0.4 is 0 Å². The zero-order valence-corrected chi connectivity index (χ0v) is 11.0. The molecule has 0 unspecified atom stereocenters. The van der Waals surface area contributed by atoms with Crippen LogP contribution in [0.4, 0.5) is 0 Å². The number of ether oxygens (including phenoxy) is 1. The van der Waals surface area contributed by atoms with Crippen molar-refractivity contribution in [2.24, 2.45) is 16.7 Å². The molecular weight excluding hydrogens is 206 g/mol. The molecule has 1 rings (SSSR count). The predicted octanol–water partition coefficient (Wildman–Crippen LogP) is 1.30. The third-order valence-corrected chi connectivity index (χ3v) is 4.24. The Morgan fingerprint density at radius 1 is 1.19 bits per heavy atom. The van der Waals surface area contributed by atoms with Gasteiger partial charge >= 0.3 is 5.97 Å². The van der Waals surface area contributed by atoms with Gasteiger partial charge in [-0.2, -0.15) is 0 Å². The van der Waals surface area contributed by atoms with E-state index in [9.17, 15) is 9.59 Å². The Kier molecular flexibility index (Phi) is 3.05. The van der Waals surface area contributed by atoms with Gasteiger partial charge in [-0.1, -0.05) is 27.7 Å². The van der Waals surface area contributed by atoms with Crippen molar-refractivity contribution in [1.82, 2.24) is 4.90 Å². The molecule has 1 saturated carbocycles. The average molecular weight is 227 g/mol. The van der Waals surface area contributed by atoms with Gasteiger partial charge in [-0.25, -0.2) is 0 Å². The summed E-state index contributed by atoms with van der Waals surface area (Å²) in [6.07, 6.45) is 0. The zero-order chi connectivity index (χ0) is 12.7. The Morgan fingerprint density at radius 2 is 1.62 bits per heavy atom. The highest BCUT2D eigenvalue weighted by molar-refractivity contribution is 5.87. The van der Waals surface area contributed by atoms with Crippen LogP contribution in [0.3, 0.4) is 0 Å². The maximum atomic E-state index is 12.1. The molecule has 0 bridgehead atoms. The van der Waals surface area contributed by atoms with Gasteiger partial charge in [-0.3, -0.25) is 9.59 Å². The molecule has 0 aromatic heterocycles. The fourth-order valence-corrected chi connectivity index (χ4v) is 2.37. The van der Waals surface area contributed by atoms with E-state index in [-0.39, 0.29) is 35.2 Å². The number of carbonyl (C=O) groups is 2. The first-order valence-electron chi connectivity index (χ1n) is 5.48. The minimum Gasteiger partial charge on any atom is -0.468 e. The van der Waals surface area contributed by atoms with Crippen LogP contribution in [0, 0.1) is 16.7 Å². The van der Waals surface area contributed by atoms with Crippen molar-refractivity contribution in [2.45, 2.75) is 27.7 Å². The van der Waals surface area contributed by atoms with Crippen LogP contribution in [-0.2, 0) is 14.3 Å². The number of nitrogens with zero attached hydrogens (tertiary/aromatic N) is 1. The lowest BCUT2D eigenvalue weighted by molar-refractivity contribution is -0.146. The standard InChI is InChI=1S/C12H21NO3/c1-11(2)9(12(11,3)4)10(15)13(5)7-8(14)16-6/h9H,7H2,1-6H3. The predicted molar refractivity (Wildman–Crippen MR) is 60.7 cm³/mol. The molecular formula is C12H21NO3. The van der Waals surface area contributed by atoms with Crippen molar-refractivity contribution >= 4 is 11.9 Å². The van der Waals surface area contributed by atoms with Crippen LogP contribution in [0.25, 0.3) is 0 Å². The normalized spacial score (nSPS) is 21.4. The van der Waals surface area contributed by atoms with Crippen molar-refractivity contribution in [2.75, 3.05) is 20.7 Å². The summed E-state index contributed by atoms with van der Waals surface area (Å²) < 4.78 is 4.54. The lowest BCUT2D eigenvalue weighted by Gasteiger charge is -2.16. The highest BCUT2D eigenvalue weighted by atomic mass is 16.5. The third kappa shape index (κ3) is 1.81. The molecule has 1 aliphatic carbocycles. The van der Waals surface area contributed by atoms with E-state index in [1.807, 2.05) is 0 Å². The highest BCUT2D eigenvalue weighted by Crippen LogP contribution is 2.68. The molecule has 16 heavy (non-hydrogen) atoms. The van der Waals surface area contributed by atoms with Gasteiger partial charge in [0, 0.05) is 13.0 Å². The minimum atomic E-state index is -0.382. The molecule has 0 aromatic rings. The second-order valence-electron chi connectivity index (χ2n) is 5.65. The first-order chi connectivity index (χ1) is 7.16. The number of rotatable bonds is 3. The van der Waals surface area contributed by atoms with E-state index in [1.54, 1.807) is 7.05 Å². The summed E-state index contributed by atoms with van der Waals surface area (Å²) in [6.45, 7) is 8.37. The van der Waals surface area contributed by atoms with Crippen molar-refractivity contribution in [1.29, 1.82) is 0 Å². The summed E-state index contributed by atoms with van der Waals surface area (Å²) in [5.41, 5.74) is 0.0168. The lowest BCUT2D eigenvalue weighted by atomic mass is 10.0. The van der Waals surface area contributed by atoms with Crippen molar-refractivity contribution in [3.05, 3.63) is 0 Å². The molecule has 1 amide bonds. The number of carbonyl (C=O) groups excluding carboxylic acids is 2. The smallest absolute Gasteiger partial charge is 0.325 e. The first kappa shape index (κ1) is 13.0. The molecule has 4 heteroatoms. The van der Waals surface area contributed by atoms with Gasteiger partial charge < -0.3 is 9.64 Å². The number of likely N-dealkylation sites (N-methyl/N-ethyl adjacent to an activating group) is 1. The van der Waals surface area contributed by atoms with Crippen LogP contribution in [0.2, 0.25) is 0 Å². The average Bonchev–Trinajstić information content (AvgIpc) is 2.56. The molecule has 92 valence electrons. The van der Waals surface area contributed by atoms with Gasteiger partial charge in [-0.15, -0.1) is 0 Å². The molecule has 0 aliphatic heterocycles. The summed E-state index contributed by atoms with van der Waals surface area (Å²) in [6, 6.07) is 0. The Bertz CT molecular complexity index is 306. The van der Waals surface area contributed by atoms with E-state index in [0.29, 0.717) is 0 Å². The van der Waals surface area contributed by atoms with Gasteiger partial charge in [0.05, 0.1) is 7.11 Å². The van der Waals surface area contributed by atoms with Crippen molar-refractivity contribution in [3.63, 3.8) is 0 Å². The first-order valence-corrected chi connectivity index (χ1v) is 5.48. The largest absolute Gasteiger partial charge is 0.468 e. The monoisotopic (exact) mass is 227 g/mol. The van der Waals surface area contributed by atoms with Crippen molar-refractivity contribution < 1.29 is 14.3 Å². The van der Waals surface area contributed by atoms with E-state index in [4.69, 9.17) is 0 Å². The Morgan fingerprint density at radius 3 is 1.94 bits per heavy atom. The van der Waals surface area contributed by atoms with Crippen LogP contribution in [0.5, 0.6) is 0 Å². The van der Waals surface area contributed by atoms with Crippen LogP contribution >= 0.6 is 0 Å². The lowest BCUT2D eigenvalue weighted by Crippen LogP contribution is -2.35. The molecule has 0 radical (unpaired) electrons. The Labute approximate surface area is 96.9 Å². The van der Waals surface area contributed by atoms with E-state index in [0.717, 1.165) is 0 Å². The highest BCUT2D eigenvalue weighted by Gasteiger charge is 2.68. The summed E-state index contributed by atoms with van der Waals surface area (Å²) in [4.78, 5) is 24.6. The quantitative estimate of drug-likeness (QED) is 0.683. The molecule has 0 N–H and O–H groups in total. The SMILES string of the molecule is COC(=O)CN(C)C(=O)C1C(C)(C)C1(C)C. The summed E-state index contributed by atoms with van der Waals surface area (Å²) in [5.74, 6) is -0.359. The fraction of sp³-hybridized carbons (Fsp3) is 0.833. The fourth-order valence-electron chi connectivity index (χ4n) is 2.37. The molecule has 0 saturated heterocycles. The maximum absolute atomic E-state index is 12.1. The Hall–Kier alpha value is -1.06. The van der Waals surface area contributed by atoms with Crippen LogP contribution in [0.15, 0.2) is 0 Å². The van der Waals surface area contributed by atoms with Gasteiger partial charge in [0.2, 0.25) is 5.91 Å². The minimum absolute atomic E-state index is 0.00495. The number of esters is 1. The van der Waals surface area contributed by atoms with Gasteiger partial charge in [0.15, 0.2) is 0 Å². The van der Waals surface area contributed by atoms with E-state index < -0.39 is 0 Å². The summed E-state index contributed by atoms with van der Waals surface area (Å²) in [7, 11) is 2.97. The number of hydrogen-bond acceptors (Lipinski definition) is 3. The van der Waals surface area contributed by atoms with Gasteiger partial charge in [0.1, 0.15) is 6.54 Å². The second-order valence-corrected chi connectivity index (χ2v) is 5.65. The molecule has 0 atom stereocenters.